The third-order valence-corrected chi connectivity index (χ3v) is 12.7. The summed E-state index contributed by atoms with van der Waals surface area (Å²) < 4.78 is 23.0. The molecule has 2 aromatic rings. The molecule has 0 saturated heterocycles. The summed E-state index contributed by atoms with van der Waals surface area (Å²) in [7, 11) is -2.89. The molecule has 1 spiro atoms. The molecule has 2 bridgehead atoms. The summed E-state index contributed by atoms with van der Waals surface area (Å²) in [5.74, 6) is 4.77. The van der Waals surface area contributed by atoms with Crippen molar-refractivity contribution in [2.75, 3.05) is 24.6 Å². The molecule has 2 aliphatic carbocycles. The number of hydrogen-bond donors (Lipinski definition) is 2. The van der Waals surface area contributed by atoms with Gasteiger partial charge in [0.05, 0.1) is 27.6 Å². The molecule has 2 aliphatic heterocycles. The fourth-order valence-electron chi connectivity index (χ4n) is 7.79. The third kappa shape index (κ3) is 5.48. The summed E-state index contributed by atoms with van der Waals surface area (Å²) in [5.41, 5.74) is 2.74. The van der Waals surface area contributed by atoms with Crippen LogP contribution in [0.2, 0.25) is 5.02 Å². The largest absolute Gasteiger partial charge is 0.490 e. The van der Waals surface area contributed by atoms with Crippen LogP contribution in [-0.2, 0) is 21.5 Å². The Morgan fingerprint density at radius 2 is 2.05 bits per heavy atom. The number of allylic oxidation sites excluding steroid dienone is 1. The lowest BCUT2D eigenvalue weighted by atomic mass is 9.64. The Balaban J connectivity index is 1.43. The van der Waals surface area contributed by atoms with E-state index < -0.39 is 15.3 Å². The molecule has 1 saturated carbocycles. The SMILES string of the molecule is C=S1(=O)NC(=O)c2ccc3c(c2)N(C[C@@H]2CC[C@H]2[C@@](C)(O)/C=C/CC[C@H]1CC)C[C@@]1(CCCc2cc(Cl)ccc21)CO3. The van der Waals surface area contributed by atoms with Crippen LogP contribution in [0.1, 0.15) is 80.3 Å². The first kappa shape index (κ1) is 29.6. The van der Waals surface area contributed by atoms with Gasteiger partial charge in [0, 0.05) is 34.3 Å². The number of hydrogen-bond acceptors (Lipinski definition) is 5. The van der Waals surface area contributed by atoms with E-state index in [0.29, 0.717) is 37.4 Å². The minimum Gasteiger partial charge on any atom is -0.490 e. The van der Waals surface area contributed by atoms with E-state index >= 15 is 0 Å². The van der Waals surface area contributed by atoms with Gasteiger partial charge in [-0.2, -0.15) is 0 Å². The number of amides is 1. The standard InChI is InChI=1S/C34H43ClN2O4S/c1-4-27-9-5-6-16-33(2,39)28-13-10-25(28)20-37-21-34(17-7-8-23-18-26(35)12-14-29(23)34)22-41-31-15-11-24(19-30(31)37)32(38)36-42(27,3)40/h6,11-12,14-16,18-19,25,27-28,39H,3-5,7-10,13,17,20-22H2,1-2H3,(H,36,38,40)/b16-6+/t25-,27+,28+,33-,34-,42?/m0/s1. The van der Waals surface area contributed by atoms with Crippen molar-refractivity contribution in [2.24, 2.45) is 11.8 Å². The van der Waals surface area contributed by atoms with Crippen LogP contribution in [0.3, 0.4) is 0 Å². The second-order valence-corrected chi connectivity index (χ2v) is 15.9. The third-order valence-electron chi connectivity index (χ3n) is 10.3. The minimum atomic E-state index is -2.89. The van der Waals surface area contributed by atoms with Gasteiger partial charge in [-0.15, -0.1) is 0 Å². The molecule has 0 aromatic heterocycles. The van der Waals surface area contributed by atoms with Crippen LogP contribution in [0.5, 0.6) is 5.75 Å². The number of fused-ring (bicyclic) bond motifs is 4. The van der Waals surface area contributed by atoms with Gasteiger partial charge in [-0.05, 0) is 117 Å². The van der Waals surface area contributed by atoms with Crippen LogP contribution < -0.4 is 14.4 Å². The highest BCUT2D eigenvalue weighted by Gasteiger charge is 2.46. The molecule has 4 aliphatic rings. The number of nitrogens with zero attached hydrogens (tertiary/aromatic N) is 1. The van der Waals surface area contributed by atoms with Crippen molar-refractivity contribution in [1.82, 2.24) is 4.72 Å². The van der Waals surface area contributed by atoms with Crippen LogP contribution in [-0.4, -0.2) is 51.6 Å². The second kappa shape index (κ2) is 11.2. The number of halogens is 1. The summed E-state index contributed by atoms with van der Waals surface area (Å²) in [6.07, 6.45) is 10.9. The highest BCUT2D eigenvalue weighted by molar-refractivity contribution is 7.99. The number of nitrogens with one attached hydrogen (secondary N) is 1. The minimum absolute atomic E-state index is 0.133. The van der Waals surface area contributed by atoms with E-state index in [0.717, 1.165) is 61.7 Å². The van der Waals surface area contributed by atoms with Gasteiger partial charge in [-0.3, -0.25) is 9.52 Å². The van der Waals surface area contributed by atoms with Crippen molar-refractivity contribution in [1.29, 1.82) is 0 Å². The normalized spacial score (nSPS) is 35.6. The van der Waals surface area contributed by atoms with Crippen LogP contribution >= 0.6 is 11.6 Å². The van der Waals surface area contributed by atoms with Crippen molar-refractivity contribution < 1.29 is 18.8 Å². The van der Waals surface area contributed by atoms with Crippen molar-refractivity contribution >= 4 is 38.8 Å². The summed E-state index contributed by atoms with van der Waals surface area (Å²) >= 11 is 6.41. The number of anilines is 1. The zero-order valence-electron chi connectivity index (χ0n) is 24.7. The lowest BCUT2D eigenvalue weighted by molar-refractivity contribution is -0.0314. The van der Waals surface area contributed by atoms with Gasteiger partial charge >= 0.3 is 0 Å². The molecular formula is C34H43ClN2O4S. The first-order chi connectivity index (χ1) is 20.0. The first-order valence-electron chi connectivity index (χ1n) is 15.4. The predicted octanol–water partition coefficient (Wildman–Crippen LogP) is 6.08. The van der Waals surface area contributed by atoms with Crippen LogP contribution in [0, 0.1) is 11.8 Å². The zero-order chi connectivity index (χ0) is 29.7. The summed E-state index contributed by atoms with van der Waals surface area (Å²) in [6, 6.07) is 11.8. The van der Waals surface area contributed by atoms with Gasteiger partial charge in [-0.1, -0.05) is 36.7 Å². The van der Waals surface area contributed by atoms with Crippen molar-refractivity contribution in [3.05, 3.63) is 70.3 Å². The Bertz CT molecular complexity index is 1500. The highest BCUT2D eigenvalue weighted by atomic mass is 35.5. The molecule has 2 heterocycles. The summed E-state index contributed by atoms with van der Waals surface area (Å²) in [5, 5.41) is 12.1. The monoisotopic (exact) mass is 610 g/mol. The van der Waals surface area contributed by atoms with Gasteiger partial charge < -0.3 is 14.7 Å². The number of aliphatic hydroxyl groups is 1. The zero-order valence-corrected chi connectivity index (χ0v) is 26.3. The summed E-state index contributed by atoms with van der Waals surface area (Å²) in [6.45, 7) is 5.93. The van der Waals surface area contributed by atoms with E-state index in [1.807, 2.05) is 44.2 Å². The molecule has 226 valence electrons. The van der Waals surface area contributed by atoms with E-state index in [4.69, 9.17) is 16.3 Å². The molecule has 6 rings (SSSR count). The number of benzene rings is 2. The second-order valence-electron chi connectivity index (χ2n) is 13.1. The maximum absolute atomic E-state index is 13.7. The highest BCUT2D eigenvalue weighted by Crippen LogP contribution is 2.48. The Morgan fingerprint density at radius 3 is 2.81 bits per heavy atom. The topological polar surface area (TPSA) is 78.9 Å². The van der Waals surface area contributed by atoms with Crippen molar-refractivity contribution in [3.8, 4) is 5.75 Å². The number of carbonyl (C=O) groups excluding carboxylic acids is 1. The van der Waals surface area contributed by atoms with Gasteiger partial charge in [0.2, 0.25) is 0 Å². The van der Waals surface area contributed by atoms with Gasteiger partial charge in [-0.25, -0.2) is 4.21 Å². The lowest BCUT2D eigenvalue weighted by Gasteiger charge is -2.48. The van der Waals surface area contributed by atoms with Crippen LogP contribution in [0.4, 0.5) is 5.69 Å². The van der Waals surface area contributed by atoms with E-state index in [2.05, 4.69) is 27.6 Å². The number of rotatable bonds is 1. The Hall–Kier alpha value is -2.48. The van der Waals surface area contributed by atoms with Crippen LogP contribution in [0.15, 0.2) is 48.6 Å². The molecule has 8 heteroatoms. The average molecular weight is 611 g/mol. The fourth-order valence-corrected chi connectivity index (χ4v) is 9.63. The maximum atomic E-state index is 13.7. The Kier molecular flexibility index (Phi) is 7.90. The molecule has 6 nitrogen and oxygen atoms in total. The molecule has 1 fully saturated rings. The van der Waals surface area contributed by atoms with Gasteiger partial charge in [0.25, 0.3) is 5.91 Å². The molecule has 0 radical (unpaired) electrons. The van der Waals surface area contributed by atoms with Gasteiger partial charge in [0.1, 0.15) is 5.75 Å². The van der Waals surface area contributed by atoms with Gasteiger partial charge in [0.15, 0.2) is 0 Å². The van der Waals surface area contributed by atoms with E-state index in [1.54, 1.807) is 6.07 Å². The average Bonchev–Trinajstić information content (AvgIpc) is 3.06. The maximum Gasteiger partial charge on any atom is 0.262 e. The predicted molar refractivity (Wildman–Crippen MR) is 172 cm³/mol. The molecular weight excluding hydrogens is 568 g/mol. The van der Waals surface area contributed by atoms with Crippen molar-refractivity contribution in [2.45, 2.75) is 81.5 Å². The van der Waals surface area contributed by atoms with Crippen molar-refractivity contribution in [3.63, 3.8) is 0 Å². The van der Waals surface area contributed by atoms with Crippen LogP contribution in [0.25, 0.3) is 0 Å². The molecule has 6 atom stereocenters. The van der Waals surface area contributed by atoms with E-state index in [1.165, 1.54) is 11.1 Å². The first-order valence-corrected chi connectivity index (χ1v) is 17.6. The Morgan fingerprint density at radius 1 is 1.21 bits per heavy atom. The smallest absolute Gasteiger partial charge is 0.262 e. The van der Waals surface area contributed by atoms with E-state index in [-0.39, 0.29) is 22.5 Å². The summed E-state index contributed by atoms with van der Waals surface area (Å²) in [4.78, 5) is 15.9. The lowest BCUT2D eigenvalue weighted by Crippen LogP contribution is -2.51. The number of ether oxygens (including phenoxy) is 1. The fraction of sp³-hybridized carbons (Fsp3) is 0.529. The number of aryl methyl sites for hydroxylation is 1. The molecule has 42 heavy (non-hydrogen) atoms. The molecule has 2 aromatic carbocycles. The Labute approximate surface area is 255 Å². The quantitative estimate of drug-likeness (QED) is 0.302. The molecule has 1 unspecified atom stereocenters. The molecule has 1 amide bonds. The molecule has 2 N–H and O–H groups in total. The number of carbonyl (C=O) groups is 1. The van der Waals surface area contributed by atoms with E-state index in [9.17, 15) is 14.1 Å².